The molecule has 118 valence electrons. The fraction of sp³-hybridized carbons (Fsp3) is 0.600. The van der Waals surface area contributed by atoms with Gasteiger partial charge < -0.3 is 10.1 Å². The van der Waals surface area contributed by atoms with Gasteiger partial charge in [0.25, 0.3) is 0 Å². The van der Waals surface area contributed by atoms with Gasteiger partial charge in [-0.1, -0.05) is 12.1 Å². The summed E-state index contributed by atoms with van der Waals surface area (Å²) in [5, 5.41) is 3.14. The third kappa shape index (κ3) is 3.63. The Balaban J connectivity index is 2.13. The number of hydrogen-bond acceptors (Lipinski definition) is 4. The Morgan fingerprint density at radius 3 is 2.62 bits per heavy atom. The van der Waals surface area contributed by atoms with Gasteiger partial charge >= 0.3 is 0 Å². The van der Waals surface area contributed by atoms with Gasteiger partial charge in [-0.3, -0.25) is 0 Å². The average molecular weight is 312 g/mol. The smallest absolute Gasteiger partial charge is 0.243 e. The molecule has 1 fully saturated rings. The van der Waals surface area contributed by atoms with Crippen molar-refractivity contribution in [3.8, 4) is 0 Å². The third-order valence-electron chi connectivity index (χ3n) is 4.10. The van der Waals surface area contributed by atoms with Gasteiger partial charge in [0.15, 0.2) is 0 Å². The van der Waals surface area contributed by atoms with Crippen molar-refractivity contribution >= 4 is 10.0 Å². The van der Waals surface area contributed by atoms with Crippen LogP contribution in [0.3, 0.4) is 0 Å². The number of ether oxygens (including phenoxy) is 1. The first-order chi connectivity index (χ1) is 9.98. The van der Waals surface area contributed by atoms with Crippen molar-refractivity contribution in [2.45, 2.75) is 24.3 Å². The molecule has 1 aliphatic rings. The first-order valence-corrected chi connectivity index (χ1v) is 8.69. The fourth-order valence-electron chi connectivity index (χ4n) is 2.63. The Morgan fingerprint density at radius 1 is 1.38 bits per heavy atom. The average Bonchev–Trinajstić information content (AvgIpc) is 2.96. The van der Waals surface area contributed by atoms with Gasteiger partial charge in [0.05, 0.1) is 11.5 Å². The molecule has 6 heteroatoms. The third-order valence-corrected chi connectivity index (χ3v) is 5.98. The van der Waals surface area contributed by atoms with Crippen LogP contribution in [0.25, 0.3) is 0 Å². The van der Waals surface area contributed by atoms with E-state index in [1.54, 1.807) is 23.5 Å². The van der Waals surface area contributed by atoms with Crippen molar-refractivity contribution in [1.29, 1.82) is 0 Å². The molecule has 5 nitrogen and oxygen atoms in total. The number of nitrogens with one attached hydrogen (secondary N) is 1. The van der Waals surface area contributed by atoms with E-state index in [1.165, 1.54) is 0 Å². The summed E-state index contributed by atoms with van der Waals surface area (Å²) >= 11 is 0. The maximum atomic E-state index is 12.6. The van der Waals surface area contributed by atoms with E-state index in [0.717, 1.165) is 12.0 Å². The van der Waals surface area contributed by atoms with Crippen molar-refractivity contribution in [3.05, 3.63) is 29.8 Å². The second kappa shape index (κ2) is 6.87. The van der Waals surface area contributed by atoms with Crippen molar-refractivity contribution in [2.75, 3.05) is 33.9 Å². The second-order valence-corrected chi connectivity index (χ2v) is 7.49. The van der Waals surface area contributed by atoms with E-state index in [4.69, 9.17) is 4.74 Å². The summed E-state index contributed by atoms with van der Waals surface area (Å²) in [6.07, 6.45) is 0.863. The summed E-state index contributed by atoms with van der Waals surface area (Å²) in [5.74, 6) is 0.299. The SMILES string of the molecule is CNC(C)c1ccc(S(=O)(=O)N2CCC(COC)C2)cc1. The monoisotopic (exact) mass is 312 g/mol. The van der Waals surface area contributed by atoms with Gasteiger partial charge in [0.1, 0.15) is 0 Å². The van der Waals surface area contributed by atoms with Crippen LogP contribution in [0.4, 0.5) is 0 Å². The molecule has 0 amide bonds. The summed E-state index contributed by atoms with van der Waals surface area (Å²) in [6.45, 7) is 3.78. The molecule has 1 saturated heterocycles. The van der Waals surface area contributed by atoms with Crippen LogP contribution in [0.5, 0.6) is 0 Å². The predicted octanol–water partition coefficient (Wildman–Crippen LogP) is 1.62. The summed E-state index contributed by atoms with van der Waals surface area (Å²) in [7, 11) is 0.154. The Bertz CT molecular complexity index is 557. The van der Waals surface area contributed by atoms with Crippen molar-refractivity contribution < 1.29 is 13.2 Å². The number of benzene rings is 1. The van der Waals surface area contributed by atoms with E-state index < -0.39 is 10.0 Å². The van der Waals surface area contributed by atoms with Gasteiger partial charge in [-0.25, -0.2) is 8.42 Å². The molecule has 1 heterocycles. The minimum atomic E-state index is -3.38. The summed E-state index contributed by atoms with van der Waals surface area (Å²) in [6, 6.07) is 7.34. The Morgan fingerprint density at radius 2 is 2.05 bits per heavy atom. The molecule has 0 saturated carbocycles. The van der Waals surface area contributed by atoms with Crippen LogP contribution in [-0.4, -0.2) is 46.6 Å². The maximum Gasteiger partial charge on any atom is 0.243 e. The maximum absolute atomic E-state index is 12.6. The highest BCUT2D eigenvalue weighted by molar-refractivity contribution is 7.89. The Hall–Kier alpha value is -0.950. The number of rotatable bonds is 6. The zero-order chi connectivity index (χ0) is 15.5. The van der Waals surface area contributed by atoms with E-state index >= 15 is 0 Å². The van der Waals surface area contributed by atoms with Crippen molar-refractivity contribution in [2.24, 2.45) is 5.92 Å². The molecule has 0 bridgehead atoms. The summed E-state index contributed by atoms with van der Waals surface area (Å²) in [4.78, 5) is 0.368. The normalized spacial score (nSPS) is 21.6. The van der Waals surface area contributed by atoms with E-state index in [9.17, 15) is 8.42 Å². The first kappa shape index (κ1) is 16.4. The van der Waals surface area contributed by atoms with Crippen molar-refractivity contribution in [1.82, 2.24) is 9.62 Å². The second-order valence-electron chi connectivity index (χ2n) is 5.55. The molecule has 0 aliphatic carbocycles. The van der Waals surface area contributed by atoms with Crippen LogP contribution >= 0.6 is 0 Å². The van der Waals surface area contributed by atoms with Crippen LogP contribution in [0, 0.1) is 5.92 Å². The molecule has 1 aromatic rings. The molecule has 2 unspecified atom stereocenters. The molecule has 0 aromatic heterocycles. The lowest BCUT2D eigenvalue weighted by Crippen LogP contribution is -2.29. The quantitative estimate of drug-likeness (QED) is 0.867. The molecule has 1 aliphatic heterocycles. The largest absolute Gasteiger partial charge is 0.384 e. The van der Waals surface area contributed by atoms with E-state index in [0.29, 0.717) is 30.5 Å². The lowest BCUT2D eigenvalue weighted by Gasteiger charge is -2.17. The minimum absolute atomic E-state index is 0.208. The molecule has 1 N–H and O–H groups in total. The van der Waals surface area contributed by atoms with Gasteiger partial charge in [-0.2, -0.15) is 4.31 Å². The topological polar surface area (TPSA) is 58.6 Å². The highest BCUT2D eigenvalue weighted by atomic mass is 32.2. The lowest BCUT2D eigenvalue weighted by molar-refractivity contribution is 0.157. The number of methoxy groups -OCH3 is 1. The van der Waals surface area contributed by atoms with E-state index in [-0.39, 0.29) is 6.04 Å². The standard InChI is InChI=1S/C15H24N2O3S/c1-12(16-2)14-4-6-15(7-5-14)21(18,19)17-9-8-13(10-17)11-20-3/h4-7,12-13,16H,8-11H2,1-3H3. The highest BCUT2D eigenvalue weighted by Gasteiger charge is 2.32. The van der Waals surface area contributed by atoms with Crippen LogP contribution < -0.4 is 5.32 Å². The lowest BCUT2D eigenvalue weighted by atomic mass is 10.1. The number of hydrogen-bond donors (Lipinski definition) is 1. The van der Waals surface area contributed by atoms with Crippen LogP contribution in [-0.2, 0) is 14.8 Å². The molecular weight excluding hydrogens is 288 g/mol. The fourth-order valence-corrected chi connectivity index (χ4v) is 4.16. The van der Waals surface area contributed by atoms with Gasteiger partial charge in [-0.15, -0.1) is 0 Å². The predicted molar refractivity (Wildman–Crippen MR) is 82.7 cm³/mol. The molecule has 21 heavy (non-hydrogen) atoms. The summed E-state index contributed by atoms with van der Waals surface area (Å²) in [5.41, 5.74) is 1.08. The van der Waals surface area contributed by atoms with E-state index in [2.05, 4.69) is 5.32 Å². The molecule has 2 rings (SSSR count). The van der Waals surface area contributed by atoms with Gasteiger partial charge in [0.2, 0.25) is 10.0 Å². The van der Waals surface area contributed by atoms with E-state index in [1.807, 2.05) is 26.1 Å². The Kier molecular flexibility index (Phi) is 5.37. The number of nitrogens with zero attached hydrogens (tertiary/aromatic N) is 1. The zero-order valence-corrected chi connectivity index (χ0v) is 13.7. The minimum Gasteiger partial charge on any atom is -0.384 e. The number of sulfonamides is 1. The zero-order valence-electron chi connectivity index (χ0n) is 12.9. The molecular formula is C15H24N2O3S. The highest BCUT2D eigenvalue weighted by Crippen LogP contribution is 2.25. The molecule has 0 radical (unpaired) electrons. The van der Waals surface area contributed by atoms with Gasteiger partial charge in [-0.05, 0) is 44.0 Å². The van der Waals surface area contributed by atoms with Crippen molar-refractivity contribution in [3.63, 3.8) is 0 Å². The Labute approximate surface area is 127 Å². The van der Waals surface area contributed by atoms with Crippen LogP contribution in [0.2, 0.25) is 0 Å². The van der Waals surface area contributed by atoms with Crippen LogP contribution in [0.1, 0.15) is 24.9 Å². The summed E-state index contributed by atoms with van der Waals surface area (Å²) < 4.78 is 31.9. The van der Waals surface area contributed by atoms with Gasteiger partial charge in [0, 0.05) is 26.2 Å². The molecule has 1 aromatic carbocycles. The molecule has 2 atom stereocenters. The van der Waals surface area contributed by atoms with Crippen LogP contribution in [0.15, 0.2) is 29.2 Å². The molecule has 0 spiro atoms. The first-order valence-electron chi connectivity index (χ1n) is 7.25.